The van der Waals surface area contributed by atoms with E-state index in [9.17, 15) is 44.6 Å². The van der Waals surface area contributed by atoms with Crippen LogP contribution in [-0.4, -0.2) is 44.5 Å². The van der Waals surface area contributed by atoms with Crippen LogP contribution in [0.4, 0.5) is 51.1 Å². The number of tetrazole rings is 1. The third-order valence-electron chi connectivity index (χ3n) is 9.24. The van der Waals surface area contributed by atoms with Gasteiger partial charge in [0.25, 0.3) is 5.95 Å². The molecule has 1 aliphatic heterocycles. The number of nitrogens with zero attached hydrogens (tertiary/aromatic N) is 6. The third kappa shape index (κ3) is 7.78. The van der Waals surface area contributed by atoms with Crippen LogP contribution in [0.2, 0.25) is 0 Å². The predicted octanol–water partition coefficient (Wildman–Crippen LogP) is 7.80. The molecule has 7 nitrogen and oxygen atoms in total. The summed E-state index contributed by atoms with van der Waals surface area (Å²) in [6.07, 6.45) is -10.8. The molecule has 1 fully saturated rings. The molecular formula is C31H35F9N6O. The minimum absolute atomic E-state index is 0.0267. The summed E-state index contributed by atoms with van der Waals surface area (Å²) in [6, 6.07) is 3.41. The number of halogens is 9. The lowest BCUT2D eigenvalue weighted by atomic mass is 9.80. The van der Waals surface area contributed by atoms with Crippen LogP contribution in [0.25, 0.3) is 0 Å². The first-order valence-corrected chi connectivity index (χ1v) is 15.4. The number of fused-ring (bicyclic) bond motifs is 1. The van der Waals surface area contributed by atoms with Gasteiger partial charge in [0.2, 0.25) is 0 Å². The van der Waals surface area contributed by atoms with Gasteiger partial charge in [0.15, 0.2) is 0 Å². The number of hydrogen-bond donors (Lipinski definition) is 1. The Balaban J connectivity index is 1.62. The molecule has 0 spiro atoms. The van der Waals surface area contributed by atoms with E-state index in [0.717, 1.165) is 42.6 Å². The Morgan fingerprint density at radius 2 is 1.43 bits per heavy atom. The third-order valence-corrected chi connectivity index (χ3v) is 9.24. The van der Waals surface area contributed by atoms with Crippen molar-refractivity contribution >= 4 is 11.6 Å². The van der Waals surface area contributed by atoms with Crippen LogP contribution in [-0.2, 0) is 32.1 Å². The average Bonchev–Trinajstić information content (AvgIpc) is 3.44. The monoisotopic (exact) mass is 678 g/mol. The minimum atomic E-state index is -5.09. The number of hydrogen-bond acceptors (Lipinski definition) is 6. The molecule has 0 radical (unpaired) electrons. The average molecular weight is 679 g/mol. The van der Waals surface area contributed by atoms with Crippen molar-refractivity contribution in [2.24, 2.45) is 18.9 Å². The van der Waals surface area contributed by atoms with E-state index < -0.39 is 47.8 Å². The maximum atomic E-state index is 14.1. The molecule has 2 aliphatic rings. The smallest absolute Gasteiger partial charge is 0.396 e. The Kier molecular flexibility index (Phi) is 9.73. The highest BCUT2D eigenvalue weighted by atomic mass is 19.4. The van der Waals surface area contributed by atoms with Gasteiger partial charge in [-0.15, -0.1) is 5.10 Å². The van der Waals surface area contributed by atoms with Crippen molar-refractivity contribution in [2.75, 3.05) is 23.0 Å². The molecule has 1 N–H and O–H groups in total. The number of benzene rings is 2. The summed E-state index contributed by atoms with van der Waals surface area (Å²) < 4.78 is 125. The first-order chi connectivity index (χ1) is 22.0. The molecule has 0 saturated heterocycles. The van der Waals surface area contributed by atoms with Crippen molar-refractivity contribution in [3.63, 3.8) is 0 Å². The van der Waals surface area contributed by atoms with E-state index in [4.69, 9.17) is 0 Å². The minimum Gasteiger partial charge on any atom is -0.396 e. The highest BCUT2D eigenvalue weighted by Gasteiger charge is 2.41. The Labute approximate surface area is 265 Å². The standard InChI is InChI=1S/C31H35F9N6O/c1-3-24-14-27(25-13-21(29(32,33)34)8-9-26(25)45(24)15-18-4-6-19(17-47)7-5-18)46(28-41-43-44(2)42-28)16-20-10-22(30(35,36)37)12-23(11-20)31(38,39)40/h8-13,18-19,24,27,47H,3-7,14-17H2,1-2H3/t18?,19?,24-,27+/m1/s1. The first-order valence-electron chi connectivity index (χ1n) is 15.4. The van der Waals surface area contributed by atoms with Gasteiger partial charge in [-0.3, -0.25) is 0 Å². The number of aliphatic hydroxyl groups is 1. The SMILES string of the molecule is CC[C@@H]1C[C@H](N(Cc2cc(C(F)(F)F)cc(C(F)(F)F)c2)c2nnn(C)n2)c2cc(C(F)(F)F)ccc2N1CC1CCC(CO)CC1. The summed E-state index contributed by atoms with van der Waals surface area (Å²) in [7, 11) is 1.42. The summed E-state index contributed by atoms with van der Waals surface area (Å²) in [5, 5.41) is 21.5. The highest BCUT2D eigenvalue weighted by Crippen LogP contribution is 2.46. The summed E-state index contributed by atoms with van der Waals surface area (Å²) in [5.74, 6) is 0.280. The second-order valence-corrected chi connectivity index (χ2v) is 12.4. The number of alkyl halides is 9. The van der Waals surface area contributed by atoms with Gasteiger partial charge < -0.3 is 14.9 Å². The van der Waals surface area contributed by atoms with Crippen LogP contribution in [0.15, 0.2) is 36.4 Å². The molecule has 0 bridgehead atoms. The number of rotatable bonds is 8. The van der Waals surface area contributed by atoms with Gasteiger partial charge in [-0.2, -0.15) is 44.3 Å². The van der Waals surface area contributed by atoms with Gasteiger partial charge in [0.1, 0.15) is 0 Å². The van der Waals surface area contributed by atoms with E-state index in [0.29, 0.717) is 30.8 Å². The van der Waals surface area contributed by atoms with Crippen molar-refractivity contribution in [2.45, 2.75) is 82.6 Å². The topological polar surface area (TPSA) is 70.3 Å². The summed E-state index contributed by atoms with van der Waals surface area (Å²) in [5.41, 5.74) is -3.62. The molecule has 258 valence electrons. The fourth-order valence-electron chi connectivity index (χ4n) is 6.79. The fraction of sp³-hybridized carbons (Fsp3) is 0.581. The lowest BCUT2D eigenvalue weighted by Crippen LogP contribution is -2.47. The van der Waals surface area contributed by atoms with Gasteiger partial charge in [0.05, 0.1) is 29.8 Å². The molecule has 3 aromatic rings. The number of aromatic nitrogens is 4. The van der Waals surface area contributed by atoms with Crippen LogP contribution in [0.1, 0.15) is 79.3 Å². The lowest BCUT2D eigenvalue weighted by molar-refractivity contribution is -0.143. The molecule has 1 saturated carbocycles. The highest BCUT2D eigenvalue weighted by molar-refractivity contribution is 5.62. The van der Waals surface area contributed by atoms with Crippen molar-refractivity contribution in [3.8, 4) is 0 Å². The molecule has 2 atom stereocenters. The normalized spacial score (nSPS) is 22.3. The van der Waals surface area contributed by atoms with E-state index in [2.05, 4.69) is 20.3 Å². The zero-order chi connectivity index (χ0) is 34.3. The second-order valence-electron chi connectivity index (χ2n) is 12.4. The van der Waals surface area contributed by atoms with Crippen LogP contribution < -0.4 is 9.80 Å². The second kappa shape index (κ2) is 13.2. The number of anilines is 2. The largest absolute Gasteiger partial charge is 0.416 e. The van der Waals surface area contributed by atoms with Gasteiger partial charge >= 0.3 is 18.5 Å². The van der Waals surface area contributed by atoms with Crippen LogP contribution in [0.3, 0.4) is 0 Å². The van der Waals surface area contributed by atoms with Gasteiger partial charge in [-0.1, -0.05) is 12.0 Å². The van der Waals surface area contributed by atoms with Crippen molar-refractivity contribution in [1.29, 1.82) is 0 Å². The maximum absolute atomic E-state index is 14.1. The van der Waals surface area contributed by atoms with Gasteiger partial charge in [0, 0.05) is 31.4 Å². The Morgan fingerprint density at radius 3 is 1.94 bits per heavy atom. The molecule has 0 unspecified atom stereocenters. The molecule has 0 amide bonds. The van der Waals surface area contributed by atoms with Gasteiger partial charge in [-0.25, -0.2) is 0 Å². The quantitative estimate of drug-likeness (QED) is 0.245. The number of aryl methyl sites for hydroxylation is 1. The van der Waals surface area contributed by atoms with Crippen LogP contribution in [0.5, 0.6) is 0 Å². The summed E-state index contributed by atoms with van der Waals surface area (Å²) in [4.78, 5) is 4.47. The van der Waals surface area contributed by atoms with Crippen molar-refractivity contribution < 1.29 is 44.6 Å². The molecule has 5 rings (SSSR count). The Bertz CT molecular complexity index is 1500. The molecule has 47 heavy (non-hydrogen) atoms. The fourth-order valence-corrected chi connectivity index (χ4v) is 6.79. The van der Waals surface area contributed by atoms with E-state index in [-0.39, 0.29) is 54.0 Å². The predicted molar refractivity (Wildman–Crippen MR) is 154 cm³/mol. The van der Waals surface area contributed by atoms with Crippen LogP contribution >= 0.6 is 0 Å². The van der Waals surface area contributed by atoms with Gasteiger partial charge in [-0.05, 0) is 103 Å². The molecule has 2 heterocycles. The van der Waals surface area contributed by atoms with E-state index in [1.54, 1.807) is 0 Å². The van der Waals surface area contributed by atoms with Crippen LogP contribution in [0, 0.1) is 11.8 Å². The van der Waals surface area contributed by atoms with Crippen molar-refractivity contribution in [3.05, 3.63) is 64.2 Å². The Hall–Kier alpha value is -3.56. The zero-order valence-corrected chi connectivity index (χ0v) is 25.7. The lowest BCUT2D eigenvalue weighted by Gasteiger charge is -2.47. The molecule has 1 aliphatic carbocycles. The number of aliphatic hydroxyl groups excluding tert-OH is 1. The molecule has 2 aromatic carbocycles. The molecule has 16 heteroatoms. The van der Waals surface area contributed by atoms with E-state index in [1.807, 2.05) is 6.92 Å². The molecule has 1 aromatic heterocycles. The van der Waals surface area contributed by atoms with E-state index in [1.165, 1.54) is 18.0 Å². The Morgan fingerprint density at radius 1 is 0.830 bits per heavy atom. The van der Waals surface area contributed by atoms with E-state index >= 15 is 0 Å². The zero-order valence-electron chi connectivity index (χ0n) is 25.7. The first kappa shape index (κ1) is 34.8. The van der Waals surface area contributed by atoms with Crippen molar-refractivity contribution in [1.82, 2.24) is 20.2 Å². The summed E-state index contributed by atoms with van der Waals surface area (Å²) >= 11 is 0. The molecular weight excluding hydrogens is 643 g/mol. The summed E-state index contributed by atoms with van der Waals surface area (Å²) in [6.45, 7) is 2.00. The maximum Gasteiger partial charge on any atom is 0.416 e.